The molecule has 0 spiro atoms. The fourth-order valence-corrected chi connectivity index (χ4v) is 0.968. The number of hydrogen-bond acceptors (Lipinski definition) is 4. The van der Waals surface area contributed by atoms with Gasteiger partial charge in [0.15, 0.2) is 0 Å². The summed E-state index contributed by atoms with van der Waals surface area (Å²) in [6.07, 6.45) is 0.130. The van der Waals surface area contributed by atoms with Gasteiger partial charge < -0.3 is 10.8 Å². The van der Waals surface area contributed by atoms with E-state index in [2.05, 4.69) is 4.98 Å². The molecule has 0 radical (unpaired) electrons. The Balaban J connectivity index is 2.78. The number of nitrogens with two attached hydrogens (primary N) is 1. The van der Waals surface area contributed by atoms with Crippen LogP contribution >= 0.6 is 0 Å². The lowest BCUT2D eigenvalue weighted by atomic mass is 10.1. The van der Waals surface area contributed by atoms with Gasteiger partial charge in [0, 0.05) is 12.1 Å². The zero-order chi connectivity index (χ0) is 10.6. The van der Waals surface area contributed by atoms with Crippen LogP contribution in [0.5, 0.6) is 0 Å². The highest BCUT2D eigenvalue weighted by molar-refractivity contribution is 5.73. The van der Waals surface area contributed by atoms with Crippen molar-refractivity contribution in [3.05, 3.63) is 29.6 Å². The molecule has 5 nitrogen and oxygen atoms in total. The Morgan fingerprint density at radius 2 is 2.43 bits per heavy atom. The molecule has 0 amide bonds. The van der Waals surface area contributed by atoms with Gasteiger partial charge in [-0.3, -0.25) is 4.79 Å². The molecule has 0 aliphatic rings. The van der Waals surface area contributed by atoms with Crippen LogP contribution in [0.25, 0.3) is 0 Å². The normalized spacial score (nSPS) is 11.7. The average Bonchev–Trinajstić information content (AvgIpc) is 2.18. The first kappa shape index (κ1) is 10.2. The van der Waals surface area contributed by atoms with Gasteiger partial charge in [-0.2, -0.15) is 5.26 Å². The van der Waals surface area contributed by atoms with Crippen molar-refractivity contribution in [3.63, 3.8) is 0 Å². The lowest BCUT2D eigenvalue weighted by molar-refractivity contribution is -0.138. The summed E-state index contributed by atoms with van der Waals surface area (Å²) in [5, 5.41) is 17.1. The molecule has 1 aromatic rings. The van der Waals surface area contributed by atoms with Gasteiger partial charge in [-0.15, -0.1) is 0 Å². The molecule has 1 heterocycles. The lowest BCUT2D eigenvalue weighted by Gasteiger charge is -2.04. The number of carboxylic acids is 1. The Kier molecular flexibility index (Phi) is 3.15. The molecule has 0 bridgehead atoms. The minimum absolute atomic E-state index is 0.130. The van der Waals surface area contributed by atoms with Gasteiger partial charge >= 0.3 is 5.97 Å². The number of carboxylic acid groups (broad SMARTS) is 1. The molecule has 1 rings (SSSR count). The third kappa shape index (κ3) is 2.54. The van der Waals surface area contributed by atoms with Crippen LogP contribution < -0.4 is 5.73 Å². The molecular weight excluding hydrogens is 182 g/mol. The summed E-state index contributed by atoms with van der Waals surface area (Å²) in [6.45, 7) is 0. The summed E-state index contributed by atoms with van der Waals surface area (Å²) in [7, 11) is 0. The van der Waals surface area contributed by atoms with E-state index in [0.717, 1.165) is 0 Å². The summed E-state index contributed by atoms with van der Waals surface area (Å²) in [6, 6.07) is 5.74. The van der Waals surface area contributed by atoms with E-state index >= 15 is 0 Å². The number of aliphatic carboxylic acids is 1. The van der Waals surface area contributed by atoms with Crippen molar-refractivity contribution in [2.45, 2.75) is 12.5 Å². The Morgan fingerprint density at radius 1 is 1.71 bits per heavy atom. The van der Waals surface area contributed by atoms with Gasteiger partial charge in [-0.25, -0.2) is 4.98 Å². The molecule has 0 aliphatic heterocycles. The molecule has 5 heteroatoms. The van der Waals surface area contributed by atoms with Crippen molar-refractivity contribution in [3.8, 4) is 6.07 Å². The summed E-state index contributed by atoms with van der Waals surface area (Å²) in [5.74, 6) is -1.07. The van der Waals surface area contributed by atoms with Crippen molar-refractivity contribution in [2.24, 2.45) is 5.73 Å². The van der Waals surface area contributed by atoms with Gasteiger partial charge in [-0.05, 0) is 12.1 Å². The van der Waals surface area contributed by atoms with Crippen LogP contribution in [0.1, 0.15) is 11.4 Å². The predicted molar refractivity (Wildman–Crippen MR) is 48.3 cm³/mol. The van der Waals surface area contributed by atoms with E-state index < -0.39 is 12.0 Å². The number of hydrogen-bond donors (Lipinski definition) is 2. The van der Waals surface area contributed by atoms with Crippen LogP contribution in [-0.2, 0) is 11.2 Å². The minimum Gasteiger partial charge on any atom is -0.480 e. The maximum absolute atomic E-state index is 10.4. The van der Waals surface area contributed by atoms with E-state index in [9.17, 15) is 4.79 Å². The van der Waals surface area contributed by atoms with Gasteiger partial charge in [0.05, 0.1) is 0 Å². The van der Waals surface area contributed by atoms with E-state index in [-0.39, 0.29) is 12.1 Å². The fraction of sp³-hybridized carbons (Fsp3) is 0.222. The van der Waals surface area contributed by atoms with Crippen LogP contribution in [0.3, 0.4) is 0 Å². The Labute approximate surface area is 80.8 Å². The monoisotopic (exact) mass is 191 g/mol. The Bertz CT molecular complexity index is 384. The fourth-order valence-electron chi connectivity index (χ4n) is 0.968. The molecule has 0 aliphatic carbocycles. The third-order valence-corrected chi connectivity index (χ3v) is 1.67. The van der Waals surface area contributed by atoms with Gasteiger partial charge in [0.1, 0.15) is 17.8 Å². The quantitative estimate of drug-likeness (QED) is 0.695. The van der Waals surface area contributed by atoms with Crippen LogP contribution in [0.2, 0.25) is 0 Å². The topological polar surface area (TPSA) is 100 Å². The van der Waals surface area contributed by atoms with Crippen molar-refractivity contribution in [2.75, 3.05) is 0 Å². The number of carbonyl (C=O) groups is 1. The summed E-state index contributed by atoms with van der Waals surface area (Å²) in [5.41, 5.74) is 6.09. The SMILES string of the molecule is N#Cc1cccc(C[C@H](N)C(=O)O)n1. The molecule has 0 saturated heterocycles. The first-order chi connectivity index (χ1) is 6.63. The van der Waals surface area contributed by atoms with E-state index in [4.69, 9.17) is 16.1 Å². The highest BCUT2D eigenvalue weighted by Gasteiger charge is 2.12. The molecule has 0 aromatic carbocycles. The molecule has 0 fully saturated rings. The summed E-state index contributed by atoms with van der Waals surface area (Å²) < 4.78 is 0. The average molecular weight is 191 g/mol. The number of rotatable bonds is 3. The molecule has 0 saturated carbocycles. The highest BCUT2D eigenvalue weighted by atomic mass is 16.4. The molecule has 72 valence electrons. The number of pyridine rings is 1. The second kappa shape index (κ2) is 4.35. The Morgan fingerprint density at radius 3 is 3.00 bits per heavy atom. The van der Waals surface area contributed by atoms with Crippen molar-refractivity contribution >= 4 is 5.97 Å². The third-order valence-electron chi connectivity index (χ3n) is 1.67. The second-order valence-corrected chi connectivity index (χ2v) is 2.77. The van der Waals surface area contributed by atoms with Crippen molar-refractivity contribution in [1.82, 2.24) is 4.98 Å². The van der Waals surface area contributed by atoms with Crippen molar-refractivity contribution in [1.29, 1.82) is 5.26 Å². The van der Waals surface area contributed by atoms with E-state index in [1.807, 2.05) is 6.07 Å². The summed E-state index contributed by atoms with van der Waals surface area (Å²) >= 11 is 0. The highest BCUT2D eigenvalue weighted by Crippen LogP contribution is 2.01. The standard InChI is InChI=1S/C9H9N3O2/c10-5-7-3-1-2-6(12-7)4-8(11)9(13)14/h1-3,8H,4,11H2,(H,13,14)/t8-/m0/s1. The largest absolute Gasteiger partial charge is 0.480 e. The molecule has 1 atom stereocenters. The number of aromatic nitrogens is 1. The summed E-state index contributed by atoms with van der Waals surface area (Å²) in [4.78, 5) is 14.3. The first-order valence-electron chi connectivity index (χ1n) is 3.98. The molecular formula is C9H9N3O2. The van der Waals surface area contributed by atoms with Crippen molar-refractivity contribution < 1.29 is 9.90 Å². The molecule has 14 heavy (non-hydrogen) atoms. The van der Waals surface area contributed by atoms with E-state index in [1.54, 1.807) is 18.2 Å². The van der Waals surface area contributed by atoms with Gasteiger partial charge in [0.25, 0.3) is 0 Å². The lowest BCUT2D eigenvalue weighted by Crippen LogP contribution is -2.32. The number of nitriles is 1. The maximum atomic E-state index is 10.4. The zero-order valence-corrected chi connectivity index (χ0v) is 7.34. The maximum Gasteiger partial charge on any atom is 0.320 e. The second-order valence-electron chi connectivity index (χ2n) is 2.77. The minimum atomic E-state index is -1.07. The smallest absolute Gasteiger partial charge is 0.320 e. The zero-order valence-electron chi connectivity index (χ0n) is 7.34. The number of nitrogens with zero attached hydrogens (tertiary/aromatic N) is 2. The van der Waals surface area contributed by atoms with E-state index in [0.29, 0.717) is 5.69 Å². The predicted octanol–water partition coefficient (Wildman–Crippen LogP) is -0.0923. The Hall–Kier alpha value is -1.93. The van der Waals surface area contributed by atoms with Gasteiger partial charge in [-0.1, -0.05) is 6.07 Å². The molecule has 1 aromatic heterocycles. The van der Waals surface area contributed by atoms with E-state index in [1.165, 1.54) is 0 Å². The van der Waals surface area contributed by atoms with Crippen LogP contribution in [-0.4, -0.2) is 22.1 Å². The van der Waals surface area contributed by atoms with Crippen LogP contribution in [0.15, 0.2) is 18.2 Å². The van der Waals surface area contributed by atoms with Crippen LogP contribution in [0.4, 0.5) is 0 Å². The molecule has 0 unspecified atom stereocenters. The molecule has 3 N–H and O–H groups in total. The van der Waals surface area contributed by atoms with Gasteiger partial charge in [0.2, 0.25) is 0 Å². The van der Waals surface area contributed by atoms with Crippen LogP contribution in [0, 0.1) is 11.3 Å². The first-order valence-corrected chi connectivity index (χ1v) is 3.98.